The molecule has 0 unspecified atom stereocenters. The zero-order chi connectivity index (χ0) is 6.78. The third-order valence-electron chi connectivity index (χ3n) is 0.786. The van der Waals surface area contributed by atoms with Crippen LogP contribution in [0, 0.1) is 0 Å². The van der Waals surface area contributed by atoms with Crippen molar-refractivity contribution in [3.05, 3.63) is 0 Å². The second kappa shape index (κ2) is 2.80. The average Bonchev–Trinajstić information content (AvgIpc) is 1.21. The first-order valence-corrected chi connectivity index (χ1v) is 8.79. The van der Waals surface area contributed by atoms with Gasteiger partial charge in [-0.3, -0.25) is 0 Å². The topological polar surface area (TPSA) is 20.2 Å². The van der Waals surface area contributed by atoms with Gasteiger partial charge in [0.25, 0.3) is 0 Å². The predicted octanol–water partition coefficient (Wildman–Crippen LogP) is 1.48. The Hall–Kier alpha value is 0.394. The Labute approximate surface area is 54.5 Å². The minimum atomic E-state index is -1.68. The van der Waals surface area contributed by atoms with E-state index in [1.54, 1.807) is 0 Å². The van der Waals surface area contributed by atoms with Crippen LogP contribution in [0.15, 0.2) is 0 Å². The largest absolute Gasteiger partial charge is 0.433 e. The smallest absolute Gasteiger partial charge is 0.179 e. The molecule has 3 heteroatoms. The van der Waals surface area contributed by atoms with E-state index in [-0.39, 0.29) is 8.80 Å². The van der Waals surface area contributed by atoms with E-state index < -0.39 is 8.32 Å². The van der Waals surface area contributed by atoms with Gasteiger partial charge in [-0.15, -0.1) is 0 Å². The van der Waals surface area contributed by atoms with Crippen molar-refractivity contribution in [3.8, 4) is 0 Å². The van der Waals surface area contributed by atoms with Gasteiger partial charge in [0.2, 0.25) is 0 Å². The highest BCUT2D eigenvalue weighted by Crippen LogP contribution is 2.06. The summed E-state index contributed by atoms with van der Waals surface area (Å²) >= 11 is 0. The van der Waals surface area contributed by atoms with Crippen molar-refractivity contribution in [1.29, 1.82) is 0 Å². The molecule has 8 heavy (non-hydrogen) atoms. The highest BCUT2D eigenvalue weighted by atomic mass is 28.4. The maximum absolute atomic E-state index is 9.35. The Morgan fingerprint density at radius 1 is 1.38 bits per heavy atom. The maximum atomic E-state index is 9.35. The van der Waals surface area contributed by atoms with Crippen LogP contribution in [0.3, 0.4) is 0 Å². The predicted molar refractivity (Wildman–Crippen MR) is 42.0 cm³/mol. The molecule has 0 amide bonds. The molecule has 0 aromatic carbocycles. The van der Waals surface area contributed by atoms with E-state index in [0.29, 0.717) is 0 Å². The lowest BCUT2D eigenvalue weighted by Crippen LogP contribution is -2.29. The van der Waals surface area contributed by atoms with Crippen LogP contribution in [0.5, 0.6) is 0 Å². The minimum absolute atomic E-state index is 0.180. The van der Waals surface area contributed by atoms with Crippen LogP contribution in [0.4, 0.5) is 0 Å². The third kappa shape index (κ3) is 6.39. The van der Waals surface area contributed by atoms with Gasteiger partial charge in [-0.1, -0.05) is 13.1 Å². The van der Waals surface area contributed by atoms with E-state index in [9.17, 15) is 4.80 Å². The Balaban J connectivity index is 3.39. The summed E-state index contributed by atoms with van der Waals surface area (Å²) in [5, 5.41) is 0. The standard InChI is InChI=1S/C5H15OSi2/c1-7(2)5-8(3,4)6/h6H,5H2,1-4H3. The lowest BCUT2D eigenvalue weighted by molar-refractivity contribution is 0.557. The van der Waals surface area contributed by atoms with Crippen LogP contribution >= 0.6 is 0 Å². The highest BCUT2D eigenvalue weighted by molar-refractivity contribution is 6.82. The van der Waals surface area contributed by atoms with Gasteiger partial charge in [-0.25, -0.2) is 0 Å². The summed E-state index contributed by atoms with van der Waals surface area (Å²) in [6.45, 7) is 8.50. The van der Waals surface area contributed by atoms with Crippen LogP contribution in [0.2, 0.25) is 31.9 Å². The lowest BCUT2D eigenvalue weighted by Gasteiger charge is -2.14. The van der Waals surface area contributed by atoms with Gasteiger partial charge in [0, 0.05) is 8.80 Å². The molecule has 0 atom stereocenters. The molecule has 1 N–H and O–H groups in total. The van der Waals surface area contributed by atoms with Gasteiger partial charge in [-0.2, -0.15) is 0 Å². The lowest BCUT2D eigenvalue weighted by atomic mass is 11.8. The van der Waals surface area contributed by atoms with E-state index in [4.69, 9.17) is 0 Å². The summed E-state index contributed by atoms with van der Waals surface area (Å²) in [6.07, 6.45) is 0. The molecule has 49 valence electrons. The SMILES string of the molecule is C[Si](C)C[Si](C)(C)O. The molecule has 0 bridgehead atoms. The van der Waals surface area contributed by atoms with Gasteiger partial charge in [0.15, 0.2) is 8.32 Å². The molecule has 0 saturated heterocycles. The molecule has 0 aromatic heterocycles. The van der Waals surface area contributed by atoms with Crippen molar-refractivity contribution in [2.75, 3.05) is 0 Å². The Morgan fingerprint density at radius 3 is 1.75 bits per heavy atom. The van der Waals surface area contributed by atoms with E-state index in [1.807, 2.05) is 13.1 Å². The van der Waals surface area contributed by atoms with Gasteiger partial charge in [0.1, 0.15) is 0 Å². The Morgan fingerprint density at radius 2 is 1.75 bits per heavy atom. The minimum Gasteiger partial charge on any atom is -0.433 e. The van der Waals surface area contributed by atoms with Gasteiger partial charge in [0.05, 0.1) is 0 Å². The fourth-order valence-corrected chi connectivity index (χ4v) is 7.79. The fraction of sp³-hybridized carbons (Fsp3) is 1.00. The van der Waals surface area contributed by atoms with Crippen molar-refractivity contribution in [2.24, 2.45) is 0 Å². The summed E-state index contributed by atoms with van der Waals surface area (Å²) in [5.41, 5.74) is 1.12. The number of rotatable bonds is 2. The molecule has 0 aliphatic carbocycles. The van der Waals surface area contributed by atoms with Crippen LogP contribution in [-0.2, 0) is 0 Å². The molecular formula is C5H15OSi2. The first kappa shape index (κ1) is 8.39. The van der Waals surface area contributed by atoms with Crippen LogP contribution in [-0.4, -0.2) is 21.9 Å². The van der Waals surface area contributed by atoms with Gasteiger partial charge < -0.3 is 4.80 Å². The Bertz CT molecular complexity index is 65.3. The second-order valence-corrected chi connectivity index (χ2v) is 10.6. The van der Waals surface area contributed by atoms with Crippen molar-refractivity contribution in [1.82, 2.24) is 0 Å². The van der Waals surface area contributed by atoms with Crippen LogP contribution in [0.25, 0.3) is 0 Å². The average molecular weight is 147 g/mol. The third-order valence-corrected chi connectivity index (χ3v) is 7.08. The molecular weight excluding hydrogens is 132 g/mol. The zero-order valence-electron chi connectivity index (χ0n) is 6.15. The molecule has 0 fully saturated rings. The van der Waals surface area contributed by atoms with Crippen molar-refractivity contribution < 1.29 is 4.80 Å². The van der Waals surface area contributed by atoms with Gasteiger partial charge >= 0.3 is 0 Å². The normalized spacial score (nSPS) is 12.8. The van der Waals surface area contributed by atoms with E-state index >= 15 is 0 Å². The maximum Gasteiger partial charge on any atom is 0.179 e. The molecule has 0 heterocycles. The summed E-state index contributed by atoms with van der Waals surface area (Å²) in [5.74, 6) is 0. The summed E-state index contributed by atoms with van der Waals surface area (Å²) in [4.78, 5) is 9.35. The summed E-state index contributed by atoms with van der Waals surface area (Å²) in [6, 6.07) is 0. The fourth-order valence-electron chi connectivity index (χ4n) is 0.865. The summed E-state index contributed by atoms with van der Waals surface area (Å²) < 4.78 is 0. The van der Waals surface area contributed by atoms with Crippen molar-refractivity contribution in [2.45, 2.75) is 31.9 Å². The van der Waals surface area contributed by atoms with E-state index in [1.165, 1.54) is 0 Å². The van der Waals surface area contributed by atoms with Crippen molar-refractivity contribution >= 4 is 17.1 Å². The molecule has 0 aromatic rings. The Kier molecular flexibility index (Phi) is 2.94. The number of hydrogen-bond acceptors (Lipinski definition) is 1. The van der Waals surface area contributed by atoms with Crippen molar-refractivity contribution in [3.63, 3.8) is 0 Å². The quantitative estimate of drug-likeness (QED) is 0.587. The molecule has 0 aliphatic rings. The molecule has 0 saturated carbocycles. The highest BCUT2D eigenvalue weighted by Gasteiger charge is 2.18. The first-order valence-electron chi connectivity index (χ1n) is 2.93. The molecule has 0 rings (SSSR count). The molecule has 0 aliphatic heterocycles. The van der Waals surface area contributed by atoms with Crippen LogP contribution < -0.4 is 0 Å². The van der Waals surface area contributed by atoms with Crippen LogP contribution in [0.1, 0.15) is 0 Å². The second-order valence-electron chi connectivity index (χ2n) is 3.20. The molecule has 0 spiro atoms. The molecule has 1 radical (unpaired) electrons. The monoisotopic (exact) mass is 147 g/mol. The van der Waals surface area contributed by atoms with E-state index in [2.05, 4.69) is 13.1 Å². The summed E-state index contributed by atoms with van der Waals surface area (Å²) in [7, 11) is -1.86. The first-order chi connectivity index (χ1) is 3.42. The zero-order valence-corrected chi connectivity index (χ0v) is 8.15. The molecule has 1 nitrogen and oxygen atoms in total. The van der Waals surface area contributed by atoms with E-state index in [0.717, 1.165) is 5.67 Å². The van der Waals surface area contributed by atoms with Gasteiger partial charge in [-0.05, 0) is 18.8 Å². The number of hydrogen-bond donors (Lipinski definition) is 1.